The molecule has 0 saturated carbocycles. The molecule has 0 N–H and O–H groups in total. The normalized spacial score (nSPS) is 11.8. The molecule has 3 nitrogen and oxygen atoms in total. The molecule has 0 spiro atoms. The minimum atomic E-state index is -1.63. The van der Waals surface area contributed by atoms with Gasteiger partial charge in [-0.1, -0.05) is 13.8 Å². The Labute approximate surface area is 61.6 Å². The van der Waals surface area contributed by atoms with Crippen LogP contribution in [0.4, 0.5) is 0 Å². The maximum Gasteiger partial charge on any atom is 0.505 e. The van der Waals surface area contributed by atoms with Crippen molar-refractivity contribution in [1.29, 1.82) is 0 Å². The van der Waals surface area contributed by atoms with Gasteiger partial charge in [0.2, 0.25) is 0 Å². The molecule has 0 aliphatic carbocycles. The number of ketones is 1. The third-order valence-electron chi connectivity index (χ3n) is 1.03. The lowest BCUT2D eigenvalue weighted by Gasteiger charge is -1.96. The predicted octanol–water partition coefficient (Wildman–Crippen LogP) is 1.60. The molecule has 1 unspecified atom stereocenters. The van der Waals surface area contributed by atoms with Gasteiger partial charge in [-0.25, -0.2) is 0 Å². The van der Waals surface area contributed by atoms with Crippen LogP contribution >= 0.6 is 8.03 Å². The molecule has 4 heteroatoms. The lowest BCUT2D eigenvalue weighted by Crippen LogP contribution is -2.12. The van der Waals surface area contributed by atoms with Gasteiger partial charge in [0, 0.05) is 5.92 Å². The first-order valence-corrected chi connectivity index (χ1v) is 4.73. The molecule has 0 radical (unpaired) electrons. The molecule has 58 valence electrons. The highest BCUT2D eigenvalue weighted by Crippen LogP contribution is 2.15. The Balaban J connectivity index is 3.50. The second-order valence-electron chi connectivity index (χ2n) is 2.33. The lowest BCUT2D eigenvalue weighted by atomic mass is 10.1. The van der Waals surface area contributed by atoms with Gasteiger partial charge in [-0.3, -0.25) is 4.79 Å². The Kier molecular flexibility index (Phi) is 4.41. The van der Waals surface area contributed by atoms with Gasteiger partial charge in [-0.2, -0.15) is 0 Å². The van der Waals surface area contributed by atoms with Crippen molar-refractivity contribution in [2.45, 2.75) is 13.8 Å². The molecule has 0 aliphatic rings. The van der Waals surface area contributed by atoms with Crippen molar-refractivity contribution in [2.75, 3.05) is 13.3 Å². The minimum Gasteiger partial charge on any atom is -0.297 e. The number of hydrogen-bond donors (Lipinski definition) is 0. The van der Waals surface area contributed by atoms with E-state index in [1.165, 1.54) is 6.66 Å². The fourth-order valence-corrected chi connectivity index (χ4v) is 0.630. The molecule has 0 amide bonds. The summed E-state index contributed by atoms with van der Waals surface area (Å²) in [5.74, 6) is -0.0415. The smallest absolute Gasteiger partial charge is 0.297 e. The molecule has 10 heavy (non-hydrogen) atoms. The predicted molar refractivity (Wildman–Crippen MR) is 39.3 cm³/mol. The van der Waals surface area contributed by atoms with E-state index in [9.17, 15) is 9.36 Å². The van der Waals surface area contributed by atoms with E-state index >= 15 is 0 Å². The first-order valence-electron chi connectivity index (χ1n) is 3.10. The molecule has 0 fully saturated rings. The number of Topliss-reactive ketones (excluding diaryl/α,β-unsaturated/α-hetero) is 1. The maximum atomic E-state index is 10.8. The van der Waals surface area contributed by atoms with Crippen molar-refractivity contribution in [2.24, 2.45) is 5.92 Å². The van der Waals surface area contributed by atoms with Gasteiger partial charge in [0.25, 0.3) is 0 Å². The summed E-state index contributed by atoms with van der Waals surface area (Å²) in [7, 11) is -1.63. The van der Waals surface area contributed by atoms with E-state index in [1.54, 1.807) is 13.8 Å². The van der Waals surface area contributed by atoms with Crippen molar-refractivity contribution in [3.63, 3.8) is 0 Å². The zero-order valence-electron chi connectivity index (χ0n) is 6.46. The molecule has 0 rings (SSSR count). The second kappa shape index (κ2) is 4.53. The van der Waals surface area contributed by atoms with Crippen LogP contribution in [-0.4, -0.2) is 19.1 Å². The van der Waals surface area contributed by atoms with Crippen molar-refractivity contribution in [3.8, 4) is 0 Å². The number of carbonyl (C=O) groups is 1. The van der Waals surface area contributed by atoms with Gasteiger partial charge >= 0.3 is 8.03 Å². The van der Waals surface area contributed by atoms with E-state index in [0.717, 1.165) is 0 Å². The van der Waals surface area contributed by atoms with Crippen molar-refractivity contribution in [1.82, 2.24) is 0 Å². The summed E-state index contributed by atoms with van der Waals surface area (Å²) in [5.41, 5.74) is 0. The Morgan fingerprint density at radius 1 is 1.60 bits per heavy atom. The first-order chi connectivity index (χ1) is 4.54. The summed E-state index contributed by atoms with van der Waals surface area (Å²) < 4.78 is 15.0. The number of rotatable bonds is 4. The highest BCUT2D eigenvalue weighted by atomic mass is 31.1. The summed E-state index contributed by atoms with van der Waals surface area (Å²) in [6, 6.07) is 0. The van der Waals surface area contributed by atoms with Crippen LogP contribution in [0.5, 0.6) is 0 Å². The van der Waals surface area contributed by atoms with Gasteiger partial charge in [-0.05, 0) is 4.57 Å². The average Bonchev–Trinajstić information content (AvgIpc) is 1.82. The fourth-order valence-electron chi connectivity index (χ4n) is 0.321. The largest absolute Gasteiger partial charge is 0.505 e. The Morgan fingerprint density at radius 2 is 2.10 bits per heavy atom. The fraction of sp³-hybridized carbons (Fsp3) is 0.833. The quantitative estimate of drug-likeness (QED) is 0.591. The summed E-state index contributed by atoms with van der Waals surface area (Å²) in [4.78, 5) is 10.8. The van der Waals surface area contributed by atoms with Crippen LogP contribution in [-0.2, 0) is 13.9 Å². The summed E-state index contributed by atoms with van der Waals surface area (Å²) in [6.45, 7) is 4.98. The van der Waals surface area contributed by atoms with Crippen LogP contribution in [0.25, 0.3) is 0 Å². The topological polar surface area (TPSA) is 43.4 Å². The highest BCUT2D eigenvalue weighted by Gasteiger charge is 2.13. The van der Waals surface area contributed by atoms with E-state index in [0.29, 0.717) is 0 Å². The van der Waals surface area contributed by atoms with Crippen LogP contribution in [0, 0.1) is 5.92 Å². The van der Waals surface area contributed by atoms with Crippen molar-refractivity contribution >= 4 is 13.8 Å². The van der Waals surface area contributed by atoms with Gasteiger partial charge in [0.05, 0.1) is 0 Å². The molecule has 0 bridgehead atoms. The standard InChI is InChI=1S/C6H12O3P/c1-5(2)6(7)4-9-10(3)8/h5H,4H2,1-3H3/q+1. The average molecular weight is 163 g/mol. The molecular formula is C6H12O3P+. The van der Waals surface area contributed by atoms with Crippen LogP contribution in [0.1, 0.15) is 13.8 Å². The second-order valence-corrected chi connectivity index (χ2v) is 3.47. The molecular weight excluding hydrogens is 151 g/mol. The zero-order chi connectivity index (χ0) is 8.15. The van der Waals surface area contributed by atoms with Crippen molar-refractivity contribution < 1.29 is 13.9 Å². The van der Waals surface area contributed by atoms with E-state index < -0.39 is 8.03 Å². The van der Waals surface area contributed by atoms with E-state index in [4.69, 9.17) is 0 Å². The van der Waals surface area contributed by atoms with E-state index in [2.05, 4.69) is 4.52 Å². The summed E-state index contributed by atoms with van der Waals surface area (Å²) in [6.07, 6.45) is 0. The van der Waals surface area contributed by atoms with Crippen LogP contribution in [0.3, 0.4) is 0 Å². The molecule has 0 heterocycles. The van der Waals surface area contributed by atoms with Gasteiger partial charge in [0.1, 0.15) is 0 Å². The minimum absolute atomic E-state index is 0.00907. The molecule has 0 saturated heterocycles. The number of hydrogen-bond acceptors (Lipinski definition) is 3. The third-order valence-corrected chi connectivity index (χ3v) is 1.53. The Bertz CT molecular complexity index is 142. The molecule has 0 aromatic rings. The number of carbonyl (C=O) groups excluding carboxylic acids is 1. The maximum absolute atomic E-state index is 10.8. The monoisotopic (exact) mass is 163 g/mol. The van der Waals surface area contributed by atoms with Crippen LogP contribution in [0.15, 0.2) is 0 Å². The van der Waals surface area contributed by atoms with Gasteiger partial charge in [-0.15, -0.1) is 4.52 Å². The Hall–Kier alpha value is -0.270. The molecule has 0 aromatic heterocycles. The van der Waals surface area contributed by atoms with Gasteiger partial charge in [0.15, 0.2) is 19.1 Å². The van der Waals surface area contributed by atoms with Crippen LogP contribution in [0.2, 0.25) is 0 Å². The molecule has 1 atom stereocenters. The summed E-state index contributed by atoms with van der Waals surface area (Å²) >= 11 is 0. The van der Waals surface area contributed by atoms with Crippen molar-refractivity contribution in [3.05, 3.63) is 0 Å². The van der Waals surface area contributed by atoms with E-state index in [1.807, 2.05) is 0 Å². The first kappa shape index (κ1) is 9.73. The van der Waals surface area contributed by atoms with Gasteiger partial charge < -0.3 is 0 Å². The lowest BCUT2D eigenvalue weighted by molar-refractivity contribution is -0.123. The summed E-state index contributed by atoms with van der Waals surface area (Å²) in [5, 5.41) is 0. The van der Waals surface area contributed by atoms with E-state index in [-0.39, 0.29) is 18.3 Å². The van der Waals surface area contributed by atoms with Crippen LogP contribution < -0.4 is 0 Å². The SMILES string of the molecule is CC(C)C(=O)CO[P+](C)=O. The molecule has 0 aromatic carbocycles. The zero-order valence-corrected chi connectivity index (χ0v) is 7.35. The molecule has 0 aliphatic heterocycles. The Morgan fingerprint density at radius 3 is 2.40 bits per heavy atom. The third kappa shape index (κ3) is 4.59. The highest BCUT2D eigenvalue weighted by molar-refractivity contribution is 7.38.